The zero-order chi connectivity index (χ0) is 22.4. The highest BCUT2D eigenvalue weighted by molar-refractivity contribution is 5.99. The Bertz CT molecular complexity index is 924. The molecule has 1 fully saturated rings. The quantitative estimate of drug-likeness (QED) is 0.649. The fourth-order valence-electron chi connectivity index (χ4n) is 3.50. The van der Waals surface area contributed by atoms with Crippen LogP contribution in [0.1, 0.15) is 11.3 Å². The van der Waals surface area contributed by atoms with Crippen molar-refractivity contribution in [2.75, 3.05) is 44.0 Å². The van der Waals surface area contributed by atoms with Gasteiger partial charge in [-0.1, -0.05) is 6.07 Å². The van der Waals surface area contributed by atoms with E-state index >= 15 is 0 Å². The summed E-state index contributed by atoms with van der Waals surface area (Å²) in [4.78, 5) is 31.2. The predicted molar refractivity (Wildman–Crippen MR) is 114 cm³/mol. The molecule has 0 spiro atoms. The molecule has 2 heterocycles. The lowest BCUT2D eigenvalue weighted by molar-refractivity contribution is 0.0265. The van der Waals surface area contributed by atoms with Gasteiger partial charge in [-0.3, -0.25) is 9.88 Å². The van der Waals surface area contributed by atoms with Gasteiger partial charge in [0.25, 0.3) is 0 Å². The van der Waals surface area contributed by atoms with Crippen LogP contribution in [0.15, 0.2) is 36.5 Å². The van der Waals surface area contributed by atoms with Gasteiger partial charge in [-0.15, -0.1) is 0 Å². The number of carbonyl (C=O) groups is 2. The van der Waals surface area contributed by atoms with E-state index in [1.165, 1.54) is 24.3 Å². The monoisotopic (exact) mass is 431 g/mol. The lowest BCUT2D eigenvalue weighted by Crippen LogP contribution is -2.56. The predicted octanol–water partition coefficient (Wildman–Crippen LogP) is 2.98. The zero-order valence-corrected chi connectivity index (χ0v) is 17.5. The maximum Gasteiger partial charge on any atom is 0.407 e. The third kappa shape index (κ3) is 6.12. The number of methoxy groups -OCH3 is 1. The zero-order valence-electron chi connectivity index (χ0n) is 17.5. The van der Waals surface area contributed by atoms with E-state index in [4.69, 9.17) is 4.74 Å². The largest absolute Gasteiger partial charge is 0.465 e. The van der Waals surface area contributed by atoms with Gasteiger partial charge in [0.2, 0.25) is 0 Å². The molecular weight excluding hydrogens is 405 g/mol. The van der Waals surface area contributed by atoms with Crippen molar-refractivity contribution >= 4 is 23.5 Å². The number of anilines is 2. The molecule has 0 unspecified atom stereocenters. The number of nitrogens with one attached hydrogen (secondary N) is 2. The Morgan fingerprint density at radius 2 is 2.06 bits per heavy atom. The van der Waals surface area contributed by atoms with Gasteiger partial charge >= 0.3 is 12.1 Å². The highest BCUT2D eigenvalue weighted by atomic mass is 19.1. The molecule has 166 valence electrons. The Labute approximate surface area is 179 Å². The summed E-state index contributed by atoms with van der Waals surface area (Å²) in [5.41, 5.74) is 2.18. The minimum Gasteiger partial charge on any atom is -0.465 e. The van der Waals surface area contributed by atoms with Gasteiger partial charge in [-0.05, 0) is 36.8 Å². The van der Waals surface area contributed by atoms with Crippen LogP contribution in [-0.4, -0.2) is 71.4 Å². The van der Waals surface area contributed by atoms with Crippen molar-refractivity contribution in [1.29, 1.82) is 0 Å². The van der Waals surface area contributed by atoms with Gasteiger partial charge in [-0.2, -0.15) is 0 Å². The van der Waals surface area contributed by atoms with Crippen molar-refractivity contribution < 1.29 is 23.8 Å². The molecule has 0 radical (unpaired) electrons. The van der Waals surface area contributed by atoms with Crippen LogP contribution < -0.4 is 10.6 Å². The number of carboxylic acid groups (broad SMARTS) is 1. The van der Waals surface area contributed by atoms with Gasteiger partial charge in [-0.25, -0.2) is 14.0 Å². The standard InChI is InChI=1S/C21H26FN5O4/c1-14-3-5-16(10-23-14)24-20(28)25-19-9-15(4-6-18(19)22)11-26-7-8-27(21(29)30)17(12-26)13-31-2/h3-6,9-10,17H,7-8,11-13H2,1-2H3,(H,29,30)(H2,24,25,28)/t17-/m1/s1. The van der Waals surface area contributed by atoms with E-state index in [0.29, 0.717) is 38.5 Å². The molecule has 10 heteroatoms. The third-order valence-corrected chi connectivity index (χ3v) is 5.03. The van der Waals surface area contributed by atoms with E-state index in [1.807, 2.05) is 6.92 Å². The van der Waals surface area contributed by atoms with Crippen LogP contribution in [0.25, 0.3) is 0 Å². The molecular formula is C21H26FN5O4. The normalized spacial score (nSPS) is 16.7. The van der Waals surface area contributed by atoms with Crippen LogP contribution in [-0.2, 0) is 11.3 Å². The molecule has 3 N–H and O–H groups in total. The number of hydrogen-bond donors (Lipinski definition) is 3. The molecule has 1 saturated heterocycles. The van der Waals surface area contributed by atoms with Crippen LogP contribution in [0.3, 0.4) is 0 Å². The smallest absolute Gasteiger partial charge is 0.407 e. The molecule has 0 bridgehead atoms. The number of aryl methyl sites for hydroxylation is 1. The van der Waals surface area contributed by atoms with Crippen LogP contribution in [0.4, 0.5) is 25.4 Å². The van der Waals surface area contributed by atoms with E-state index in [0.717, 1.165) is 11.3 Å². The number of halogens is 1. The average Bonchev–Trinajstić information content (AvgIpc) is 2.72. The number of hydrogen-bond acceptors (Lipinski definition) is 5. The molecule has 3 amide bonds. The second-order valence-corrected chi connectivity index (χ2v) is 7.40. The third-order valence-electron chi connectivity index (χ3n) is 5.03. The first kappa shape index (κ1) is 22.4. The maximum atomic E-state index is 14.2. The Balaban J connectivity index is 1.63. The molecule has 3 rings (SSSR count). The summed E-state index contributed by atoms with van der Waals surface area (Å²) in [7, 11) is 1.54. The number of carbonyl (C=O) groups excluding carboxylic acids is 1. The molecule has 1 aliphatic heterocycles. The van der Waals surface area contributed by atoms with Crippen LogP contribution >= 0.6 is 0 Å². The van der Waals surface area contributed by atoms with E-state index < -0.39 is 17.9 Å². The summed E-state index contributed by atoms with van der Waals surface area (Å²) in [5.74, 6) is -0.547. The topological polar surface area (TPSA) is 107 Å². The molecule has 31 heavy (non-hydrogen) atoms. The molecule has 1 aromatic heterocycles. The van der Waals surface area contributed by atoms with E-state index in [2.05, 4.69) is 20.5 Å². The minimum absolute atomic E-state index is 0.0627. The first-order valence-corrected chi connectivity index (χ1v) is 9.85. The van der Waals surface area contributed by atoms with Crippen molar-refractivity contribution in [3.63, 3.8) is 0 Å². The number of piperazine rings is 1. The fraction of sp³-hybridized carbons (Fsp3) is 0.381. The lowest BCUT2D eigenvalue weighted by atomic mass is 10.1. The number of rotatable bonds is 6. The van der Waals surface area contributed by atoms with E-state index in [1.54, 1.807) is 24.3 Å². The highest BCUT2D eigenvalue weighted by Gasteiger charge is 2.30. The van der Waals surface area contributed by atoms with Crippen molar-refractivity contribution in [1.82, 2.24) is 14.8 Å². The number of pyridine rings is 1. The summed E-state index contributed by atoms with van der Waals surface area (Å²) < 4.78 is 19.4. The van der Waals surface area contributed by atoms with Gasteiger partial charge in [0.1, 0.15) is 5.82 Å². The summed E-state index contributed by atoms with van der Waals surface area (Å²) >= 11 is 0. The summed E-state index contributed by atoms with van der Waals surface area (Å²) in [5, 5.41) is 14.5. The fourth-order valence-corrected chi connectivity index (χ4v) is 3.50. The molecule has 0 saturated carbocycles. The Kier molecular flexibility index (Phi) is 7.37. The Hall–Kier alpha value is -3.24. The number of nitrogens with zero attached hydrogens (tertiary/aromatic N) is 3. The maximum absolute atomic E-state index is 14.2. The molecule has 1 aliphatic rings. The number of aromatic nitrogens is 1. The van der Waals surface area contributed by atoms with Crippen LogP contribution in [0.2, 0.25) is 0 Å². The lowest BCUT2D eigenvalue weighted by Gasteiger charge is -2.39. The average molecular weight is 431 g/mol. The van der Waals surface area contributed by atoms with E-state index in [9.17, 15) is 19.1 Å². The second-order valence-electron chi connectivity index (χ2n) is 7.40. The van der Waals surface area contributed by atoms with E-state index in [-0.39, 0.29) is 11.7 Å². The number of ether oxygens (including phenoxy) is 1. The van der Waals surface area contributed by atoms with Crippen molar-refractivity contribution in [3.05, 3.63) is 53.6 Å². The van der Waals surface area contributed by atoms with Crippen molar-refractivity contribution in [2.24, 2.45) is 0 Å². The molecule has 1 aromatic carbocycles. The van der Waals surface area contributed by atoms with Crippen LogP contribution in [0.5, 0.6) is 0 Å². The Morgan fingerprint density at radius 1 is 1.26 bits per heavy atom. The van der Waals surface area contributed by atoms with Crippen molar-refractivity contribution in [3.8, 4) is 0 Å². The van der Waals surface area contributed by atoms with Crippen LogP contribution in [0, 0.1) is 12.7 Å². The first-order chi connectivity index (χ1) is 14.9. The summed E-state index contributed by atoms with van der Waals surface area (Å²) in [6, 6.07) is 7.16. The first-order valence-electron chi connectivity index (χ1n) is 9.85. The summed E-state index contributed by atoms with van der Waals surface area (Å²) in [6.07, 6.45) is 0.555. The van der Waals surface area contributed by atoms with Gasteiger partial charge in [0.05, 0.1) is 30.2 Å². The molecule has 9 nitrogen and oxygen atoms in total. The number of amides is 3. The van der Waals surface area contributed by atoms with Crippen molar-refractivity contribution in [2.45, 2.75) is 19.5 Å². The highest BCUT2D eigenvalue weighted by Crippen LogP contribution is 2.20. The van der Waals surface area contributed by atoms with Gasteiger partial charge in [0.15, 0.2) is 0 Å². The molecule has 2 aromatic rings. The van der Waals surface area contributed by atoms with Gasteiger partial charge in [0, 0.05) is 39.0 Å². The SMILES string of the molecule is COC[C@H]1CN(Cc2ccc(F)c(NC(=O)Nc3ccc(C)nc3)c2)CCN1C(=O)O. The Morgan fingerprint density at radius 3 is 2.74 bits per heavy atom. The molecule has 0 aliphatic carbocycles. The summed E-state index contributed by atoms with van der Waals surface area (Å²) in [6.45, 7) is 4.04. The second kappa shape index (κ2) is 10.2. The minimum atomic E-state index is -0.968. The van der Waals surface area contributed by atoms with Gasteiger partial charge < -0.3 is 25.4 Å². The molecule has 1 atom stereocenters. The number of urea groups is 1. The number of benzene rings is 1.